The SMILES string of the molecule is CC(=O)N1CCN(S(=O)(=O)N2CCOCC2)CC1. The Morgan fingerprint density at radius 1 is 0.944 bits per heavy atom. The number of rotatable bonds is 2. The Labute approximate surface area is 107 Å². The third kappa shape index (κ3) is 2.82. The van der Waals surface area contributed by atoms with Crippen LogP contribution in [-0.4, -0.2) is 80.3 Å². The summed E-state index contributed by atoms with van der Waals surface area (Å²) in [4.78, 5) is 12.9. The Hall–Kier alpha value is -0.700. The van der Waals surface area contributed by atoms with Gasteiger partial charge in [-0.2, -0.15) is 17.0 Å². The number of ether oxygens (including phenoxy) is 1. The van der Waals surface area contributed by atoms with Crippen LogP contribution in [0.5, 0.6) is 0 Å². The van der Waals surface area contributed by atoms with Crippen molar-refractivity contribution in [2.24, 2.45) is 0 Å². The van der Waals surface area contributed by atoms with E-state index in [2.05, 4.69) is 0 Å². The molecule has 2 aliphatic heterocycles. The molecule has 8 heteroatoms. The van der Waals surface area contributed by atoms with Gasteiger partial charge >= 0.3 is 0 Å². The summed E-state index contributed by atoms with van der Waals surface area (Å²) in [6.07, 6.45) is 0. The summed E-state index contributed by atoms with van der Waals surface area (Å²) in [5.74, 6) is -0.00146. The molecule has 0 spiro atoms. The van der Waals surface area contributed by atoms with Crippen molar-refractivity contribution < 1.29 is 17.9 Å². The number of carbonyl (C=O) groups is 1. The van der Waals surface area contributed by atoms with E-state index >= 15 is 0 Å². The van der Waals surface area contributed by atoms with Crippen LogP contribution < -0.4 is 0 Å². The van der Waals surface area contributed by atoms with Crippen molar-refractivity contribution in [3.8, 4) is 0 Å². The van der Waals surface area contributed by atoms with Gasteiger partial charge < -0.3 is 9.64 Å². The third-order valence-electron chi connectivity index (χ3n) is 3.31. The average molecular weight is 277 g/mol. The molecule has 2 rings (SSSR count). The lowest BCUT2D eigenvalue weighted by Gasteiger charge is -2.37. The summed E-state index contributed by atoms with van der Waals surface area (Å²) in [6.45, 7) is 4.92. The lowest BCUT2D eigenvalue weighted by molar-refractivity contribution is -0.130. The number of carbonyl (C=O) groups excluding carboxylic acids is 1. The van der Waals surface area contributed by atoms with E-state index in [-0.39, 0.29) is 5.91 Å². The van der Waals surface area contributed by atoms with Crippen LogP contribution in [0.1, 0.15) is 6.92 Å². The Morgan fingerprint density at radius 2 is 1.44 bits per heavy atom. The fraction of sp³-hybridized carbons (Fsp3) is 0.900. The molecule has 0 bridgehead atoms. The monoisotopic (exact) mass is 277 g/mol. The number of hydrogen-bond acceptors (Lipinski definition) is 4. The molecule has 104 valence electrons. The fourth-order valence-electron chi connectivity index (χ4n) is 2.17. The zero-order chi connectivity index (χ0) is 13.2. The molecule has 7 nitrogen and oxygen atoms in total. The minimum atomic E-state index is -3.39. The summed E-state index contributed by atoms with van der Waals surface area (Å²) < 4.78 is 32.7. The molecule has 2 aliphatic rings. The highest BCUT2D eigenvalue weighted by Gasteiger charge is 2.33. The predicted octanol–water partition coefficient (Wildman–Crippen LogP) is -1.27. The van der Waals surface area contributed by atoms with Crippen LogP contribution in [0.2, 0.25) is 0 Å². The van der Waals surface area contributed by atoms with Gasteiger partial charge in [0.05, 0.1) is 13.2 Å². The smallest absolute Gasteiger partial charge is 0.282 e. The van der Waals surface area contributed by atoms with Crippen molar-refractivity contribution in [1.29, 1.82) is 0 Å². The van der Waals surface area contributed by atoms with Gasteiger partial charge in [-0.25, -0.2) is 0 Å². The van der Waals surface area contributed by atoms with Gasteiger partial charge in [0.2, 0.25) is 5.91 Å². The number of hydrogen-bond donors (Lipinski definition) is 0. The second-order valence-electron chi connectivity index (χ2n) is 4.42. The number of piperazine rings is 1. The molecule has 0 unspecified atom stereocenters. The molecule has 0 atom stereocenters. The molecule has 0 saturated carbocycles. The minimum Gasteiger partial charge on any atom is -0.379 e. The maximum atomic E-state index is 12.3. The van der Waals surface area contributed by atoms with Gasteiger partial charge in [0.1, 0.15) is 0 Å². The van der Waals surface area contributed by atoms with E-state index in [1.807, 2.05) is 0 Å². The molecular weight excluding hydrogens is 258 g/mol. The molecule has 0 aromatic heterocycles. The molecule has 0 aromatic carbocycles. The lowest BCUT2D eigenvalue weighted by atomic mass is 10.3. The van der Waals surface area contributed by atoms with Gasteiger partial charge in [0.25, 0.3) is 10.2 Å². The Kier molecular flexibility index (Phi) is 4.21. The van der Waals surface area contributed by atoms with Crippen LogP contribution in [0, 0.1) is 0 Å². The van der Waals surface area contributed by atoms with Gasteiger partial charge in [-0.3, -0.25) is 4.79 Å². The highest BCUT2D eigenvalue weighted by atomic mass is 32.2. The van der Waals surface area contributed by atoms with E-state index in [0.717, 1.165) is 0 Å². The second-order valence-corrected chi connectivity index (χ2v) is 6.35. The first-order valence-electron chi connectivity index (χ1n) is 6.10. The summed E-state index contributed by atoms with van der Waals surface area (Å²) in [6, 6.07) is 0. The molecule has 1 amide bonds. The molecule has 0 radical (unpaired) electrons. The Bertz CT molecular complexity index is 397. The van der Waals surface area contributed by atoms with E-state index in [4.69, 9.17) is 4.74 Å². The van der Waals surface area contributed by atoms with Crippen molar-refractivity contribution in [2.75, 3.05) is 52.5 Å². The van der Waals surface area contributed by atoms with Gasteiger partial charge in [-0.05, 0) is 0 Å². The standard InChI is InChI=1S/C10H19N3O4S/c1-10(14)11-2-4-12(5-3-11)18(15,16)13-6-8-17-9-7-13/h2-9H2,1H3. The van der Waals surface area contributed by atoms with Crippen molar-refractivity contribution in [1.82, 2.24) is 13.5 Å². The van der Waals surface area contributed by atoms with Gasteiger partial charge in [-0.15, -0.1) is 0 Å². The molecule has 18 heavy (non-hydrogen) atoms. The van der Waals surface area contributed by atoms with Crippen molar-refractivity contribution in [3.63, 3.8) is 0 Å². The maximum absolute atomic E-state index is 12.3. The first-order valence-corrected chi connectivity index (χ1v) is 7.50. The molecule has 0 aliphatic carbocycles. The van der Waals surface area contributed by atoms with E-state index < -0.39 is 10.2 Å². The lowest BCUT2D eigenvalue weighted by Crippen LogP contribution is -2.55. The first-order chi connectivity index (χ1) is 8.51. The molecule has 0 N–H and O–H groups in total. The number of morpholine rings is 1. The van der Waals surface area contributed by atoms with Gasteiger partial charge in [0.15, 0.2) is 0 Å². The molecule has 2 heterocycles. The summed E-state index contributed by atoms with van der Waals surface area (Å²) >= 11 is 0. The number of nitrogens with zero attached hydrogens (tertiary/aromatic N) is 3. The van der Waals surface area contributed by atoms with Crippen LogP contribution in [0.15, 0.2) is 0 Å². The van der Waals surface area contributed by atoms with Crippen LogP contribution in [0.4, 0.5) is 0 Å². The minimum absolute atomic E-state index is 0.00146. The molecular formula is C10H19N3O4S. The Morgan fingerprint density at radius 3 is 1.94 bits per heavy atom. The maximum Gasteiger partial charge on any atom is 0.282 e. The quantitative estimate of drug-likeness (QED) is 0.631. The van der Waals surface area contributed by atoms with Crippen LogP contribution in [0.3, 0.4) is 0 Å². The number of amides is 1. The van der Waals surface area contributed by atoms with Crippen molar-refractivity contribution in [2.45, 2.75) is 6.92 Å². The average Bonchev–Trinajstić information content (AvgIpc) is 2.40. The van der Waals surface area contributed by atoms with Gasteiger partial charge in [0, 0.05) is 46.2 Å². The van der Waals surface area contributed by atoms with E-state index in [1.54, 1.807) is 4.90 Å². The van der Waals surface area contributed by atoms with Crippen LogP contribution in [-0.2, 0) is 19.7 Å². The van der Waals surface area contributed by atoms with Crippen molar-refractivity contribution >= 4 is 16.1 Å². The topological polar surface area (TPSA) is 70.2 Å². The first kappa shape index (κ1) is 13.7. The summed E-state index contributed by atoms with van der Waals surface area (Å²) in [5.41, 5.74) is 0. The second kappa shape index (κ2) is 5.52. The zero-order valence-electron chi connectivity index (χ0n) is 10.5. The summed E-state index contributed by atoms with van der Waals surface area (Å²) in [5, 5.41) is 0. The normalized spacial score (nSPS) is 24.2. The molecule has 0 aromatic rings. The van der Waals surface area contributed by atoms with Gasteiger partial charge in [-0.1, -0.05) is 0 Å². The predicted molar refractivity (Wildman–Crippen MR) is 65.1 cm³/mol. The highest BCUT2D eigenvalue weighted by molar-refractivity contribution is 7.86. The highest BCUT2D eigenvalue weighted by Crippen LogP contribution is 2.13. The van der Waals surface area contributed by atoms with E-state index in [9.17, 15) is 13.2 Å². The van der Waals surface area contributed by atoms with Crippen molar-refractivity contribution in [3.05, 3.63) is 0 Å². The molecule has 2 fully saturated rings. The third-order valence-corrected chi connectivity index (χ3v) is 5.34. The Balaban J connectivity index is 1.97. The fourth-order valence-corrected chi connectivity index (χ4v) is 3.74. The van der Waals surface area contributed by atoms with Crippen LogP contribution >= 0.6 is 0 Å². The van der Waals surface area contributed by atoms with Crippen LogP contribution in [0.25, 0.3) is 0 Å². The van der Waals surface area contributed by atoms with E-state index in [1.165, 1.54) is 15.5 Å². The van der Waals surface area contributed by atoms with E-state index in [0.29, 0.717) is 52.5 Å². The zero-order valence-corrected chi connectivity index (χ0v) is 11.4. The summed E-state index contributed by atoms with van der Waals surface area (Å²) in [7, 11) is -3.39. The largest absolute Gasteiger partial charge is 0.379 e. The molecule has 2 saturated heterocycles.